The molecular weight excluding hydrogens is 261 g/mol. The summed E-state index contributed by atoms with van der Waals surface area (Å²) < 4.78 is 40.2. The number of aromatic nitrogens is 1. The minimum absolute atomic E-state index is 0.120. The molecule has 0 aliphatic heterocycles. The number of nitrogens with one attached hydrogen (secondary N) is 2. The monoisotopic (exact) mass is 278 g/mol. The van der Waals surface area contributed by atoms with Crippen molar-refractivity contribution in [3.05, 3.63) is 23.5 Å². The van der Waals surface area contributed by atoms with E-state index < -0.39 is 18.6 Å². The molecule has 1 aromatic rings. The van der Waals surface area contributed by atoms with E-state index in [-0.39, 0.29) is 6.42 Å². The fraction of sp³-hybridized carbons (Fsp3) is 0.583. The van der Waals surface area contributed by atoms with Crippen molar-refractivity contribution in [3.63, 3.8) is 0 Å². The first kappa shape index (κ1) is 15.6. The van der Waals surface area contributed by atoms with Crippen LogP contribution in [0, 0.1) is 0 Å². The molecule has 0 spiro atoms. The lowest BCUT2D eigenvalue weighted by Crippen LogP contribution is -2.16. The van der Waals surface area contributed by atoms with E-state index in [1.165, 1.54) is 7.11 Å². The van der Waals surface area contributed by atoms with E-state index in [2.05, 4.69) is 15.0 Å². The topological polar surface area (TPSA) is 54.1 Å². The lowest BCUT2D eigenvalue weighted by Gasteiger charge is -2.06. The molecule has 19 heavy (non-hydrogen) atoms. The average molecular weight is 278 g/mol. The second-order valence-electron chi connectivity index (χ2n) is 4.14. The molecule has 2 N–H and O–H groups in total. The third kappa shape index (κ3) is 6.28. The van der Waals surface area contributed by atoms with Gasteiger partial charge in [0.05, 0.1) is 7.11 Å². The van der Waals surface area contributed by atoms with Crippen LogP contribution in [0.2, 0.25) is 0 Å². The van der Waals surface area contributed by atoms with Gasteiger partial charge in [0, 0.05) is 18.7 Å². The van der Waals surface area contributed by atoms with Crippen LogP contribution in [0.1, 0.15) is 35.4 Å². The predicted octanol–water partition coefficient (Wildman–Crippen LogP) is 2.62. The van der Waals surface area contributed by atoms with Crippen LogP contribution in [0.4, 0.5) is 13.2 Å². The number of rotatable bonds is 7. The van der Waals surface area contributed by atoms with Crippen LogP contribution in [0.15, 0.2) is 12.1 Å². The predicted molar refractivity (Wildman–Crippen MR) is 63.7 cm³/mol. The normalized spacial score (nSPS) is 11.6. The third-order valence-electron chi connectivity index (χ3n) is 2.53. The Hall–Kier alpha value is -1.50. The van der Waals surface area contributed by atoms with E-state index in [0.717, 1.165) is 5.69 Å². The van der Waals surface area contributed by atoms with Gasteiger partial charge in [-0.2, -0.15) is 13.2 Å². The number of hydrogen-bond donors (Lipinski definition) is 2. The molecule has 1 aromatic heterocycles. The number of halogens is 3. The maximum atomic E-state index is 11.9. The first-order valence-corrected chi connectivity index (χ1v) is 5.96. The molecule has 1 heterocycles. The molecule has 7 heteroatoms. The van der Waals surface area contributed by atoms with Crippen molar-refractivity contribution in [2.75, 3.05) is 13.7 Å². The highest BCUT2D eigenvalue weighted by Crippen LogP contribution is 2.21. The Morgan fingerprint density at radius 3 is 2.74 bits per heavy atom. The molecule has 0 atom stereocenters. The maximum absolute atomic E-state index is 11.9. The van der Waals surface area contributed by atoms with Gasteiger partial charge in [0.1, 0.15) is 5.69 Å². The molecule has 0 aliphatic carbocycles. The summed E-state index contributed by atoms with van der Waals surface area (Å²) in [4.78, 5) is 14.0. The Kier molecular flexibility index (Phi) is 5.88. The van der Waals surface area contributed by atoms with Gasteiger partial charge in [0.25, 0.3) is 0 Å². The number of unbranched alkanes of at least 4 members (excludes halogenated alkanes) is 1. The van der Waals surface area contributed by atoms with Gasteiger partial charge >= 0.3 is 12.1 Å². The second kappa shape index (κ2) is 7.18. The van der Waals surface area contributed by atoms with Gasteiger partial charge in [-0.1, -0.05) is 0 Å². The second-order valence-corrected chi connectivity index (χ2v) is 4.14. The molecule has 0 aliphatic rings. The summed E-state index contributed by atoms with van der Waals surface area (Å²) in [6.45, 7) is 0.978. The molecule has 0 saturated heterocycles. The Balaban J connectivity index is 2.16. The molecule has 4 nitrogen and oxygen atoms in total. The van der Waals surface area contributed by atoms with Gasteiger partial charge in [-0.15, -0.1) is 0 Å². The van der Waals surface area contributed by atoms with Crippen molar-refractivity contribution < 1.29 is 22.7 Å². The van der Waals surface area contributed by atoms with E-state index in [0.29, 0.717) is 25.2 Å². The van der Waals surface area contributed by atoms with Gasteiger partial charge in [0.15, 0.2) is 0 Å². The molecule has 1 rings (SSSR count). The largest absolute Gasteiger partial charge is 0.464 e. The van der Waals surface area contributed by atoms with Gasteiger partial charge < -0.3 is 15.0 Å². The lowest BCUT2D eigenvalue weighted by molar-refractivity contribution is -0.135. The van der Waals surface area contributed by atoms with Crippen molar-refractivity contribution in [2.24, 2.45) is 0 Å². The summed E-state index contributed by atoms with van der Waals surface area (Å²) in [5.41, 5.74) is 1.15. The zero-order valence-corrected chi connectivity index (χ0v) is 10.6. The summed E-state index contributed by atoms with van der Waals surface area (Å²) in [6.07, 6.45) is -4.24. The highest BCUT2D eigenvalue weighted by Gasteiger charge is 2.25. The Labute approximate surface area is 109 Å². The van der Waals surface area contributed by atoms with Crippen molar-refractivity contribution in [1.29, 1.82) is 0 Å². The number of carbonyl (C=O) groups is 1. The zero-order chi connectivity index (χ0) is 14.3. The van der Waals surface area contributed by atoms with Crippen molar-refractivity contribution in [3.8, 4) is 0 Å². The highest BCUT2D eigenvalue weighted by molar-refractivity contribution is 5.87. The van der Waals surface area contributed by atoms with E-state index >= 15 is 0 Å². The van der Waals surface area contributed by atoms with E-state index in [4.69, 9.17) is 0 Å². The first-order valence-electron chi connectivity index (χ1n) is 5.96. The molecule has 0 fully saturated rings. The summed E-state index contributed by atoms with van der Waals surface area (Å²) in [7, 11) is 1.29. The number of hydrogen-bond acceptors (Lipinski definition) is 3. The van der Waals surface area contributed by atoms with E-state index in [9.17, 15) is 18.0 Å². The first-order chi connectivity index (χ1) is 8.92. The summed E-state index contributed by atoms with van der Waals surface area (Å²) in [5.74, 6) is -0.448. The van der Waals surface area contributed by atoms with Crippen molar-refractivity contribution >= 4 is 5.97 Å². The van der Waals surface area contributed by atoms with Gasteiger partial charge in [0.2, 0.25) is 0 Å². The van der Waals surface area contributed by atoms with E-state index in [1.807, 2.05) is 0 Å². The molecule has 0 amide bonds. The van der Waals surface area contributed by atoms with Crippen LogP contribution in [-0.4, -0.2) is 30.8 Å². The van der Waals surface area contributed by atoms with Crippen LogP contribution in [0.3, 0.4) is 0 Å². The summed E-state index contributed by atoms with van der Waals surface area (Å²) >= 11 is 0. The zero-order valence-electron chi connectivity index (χ0n) is 10.6. The van der Waals surface area contributed by atoms with Crippen LogP contribution >= 0.6 is 0 Å². The Bertz CT molecular complexity index is 402. The molecule has 0 radical (unpaired) electrons. The van der Waals surface area contributed by atoms with Crippen LogP contribution in [0.25, 0.3) is 0 Å². The summed E-state index contributed by atoms with van der Waals surface area (Å²) in [5, 5.41) is 3.01. The Morgan fingerprint density at radius 2 is 2.11 bits per heavy atom. The number of H-pyrrole nitrogens is 1. The number of aromatic amines is 1. The fourth-order valence-electron chi connectivity index (χ4n) is 1.57. The van der Waals surface area contributed by atoms with Gasteiger partial charge in [-0.3, -0.25) is 0 Å². The number of carbonyl (C=O) groups excluding carboxylic acids is 1. The third-order valence-corrected chi connectivity index (χ3v) is 2.53. The molecule has 108 valence electrons. The minimum Gasteiger partial charge on any atom is -0.464 e. The smallest absolute Gasteiger partial charge is 0.389 e. The van der Waals surface area contributed by atoms with E-state index in [1.54, 1.807) is 12.1 Å². The van der Waals surface area contributed by atoms with Crippen LogP contribution in [0.5, 0.6) is 0 Å². The SMILES string of the molecule is COC(=O)c1ccc(CNCCCCC(F)(F)F)[nH]1. The number of ether oxygens (including phenoxy) is 1. The molecule has 0 bridgehead atoms. The quantitative estimate of drug-likeness (QED) is 0.595. The van der Waals surface area contributed by atoms with Crippen molar-refractivity contribution in [1.82, 2.24) is 10.3 Å². The lowest BCUT2D eigenvalue weighted by atomic mass is 10.2. The van der Waals surface area contributed by atoms with Gasteiger partial charge in [-0.05, 0) is 31.5 Å². The standard InChI is InChI=1S/C12H17F3N2O2/c1-19-11(18)10-5-4-9(17-10)8-16-7-3-2-6-12(13,14)15/h4-5,16-17H,2-3,6-8H2,1H3. The minimum atomic E-state index is -4.07. The number of alkyl halides is 3. The molecule has 0 saturated carbocycles. The van der Waals surface area contributed by atoms with Crippen LogP contribution < -0.4 is 5.32 Å². The maximum Gasteiger partial charge on any atom is 0.389 e. The number of methoxy groups -OCH3 is 1. The van der Waals surface area contributed by atoms with Crippen molar-refractivity contribution in [2.45, 2.75) is 32.0 Å². The molecule has 0 aromatic carbocycles. The Morgan fingerprint density at radius 1 is 1.37 bits per heavy atom. The van der Waals surface area contributed by atoms with Crippen LogP contribution in [-0.2, 0) is 11.3 Å². The molecule has 0 unspecified atom stereocenters. The molecular formula is C12H17F3N2O2. The highest BCUT2D eigenvalue weighted by atomic mass is 19.4. The summed E-state index contributed by atoms with van der Waals surface area (Å²) in [6, 6.07) is 3.33. The van der Waals surface area contributed by atoms with Gasteiger partial charge in [-0.25, -0.2) is 4.79 Å². The number of esters is 1. The average Bonchev–Trinajstić information content (AvgIpc) is 2.80. The fourth-order valence-corrected chi connectivity index (χ4v) is 1.57.